The van der Waals surface area contributed by atoms with Gasteiger partial charge in [-0.1, -0.05) is 30.7 Å². The van der Waals surface area contributed by atoms with E-state index in [4.69, 9.17) is 4.18 Å². The van der Waals surface area contributed by atoms with Crippen molar-refractivity contribution in [2.75, 3.05) is 6.26 Å². The highest BCUT2D eigenvalue weighted by molar-refractivity contribution is 7.86. The van der Waals surface area contributed by atoms with Crippen LogP contribution < -0.4 is 4.18 Å². The molecule has 1 fully saturated rings. The molecule has 0 unspecified atom stereocenters. The molecule has 0 amide bonds. The highest BCUT2D eigenvalue weighted by Crippen LogP contribution is 2.49. The van der Waals surface area contributed by atoms with Crippen LogP contribution in [0.15, 0.2) is 48.5 Å². The van der Waals surface area contributed by atoms with E-state index in [9.17, 15) is 13.5 Å². The number of hydrogen-bond donors (Lipinski definition) is 1. The molecule has 22 heavy (non-hydrogen) atoms. The van der Waals surface area contributed by atoms with Crippen LogP contribution in [0.1, 0.15) is 30.4 Å². The number of phenolic OH excluding ortho intramolecular Hbond substituents is 1. The Morgan fingerprint density at radius 1 is 0.955 bits per heavy atom. The van der Waals surface area contributed by atoms with E-state index in [0.717, 1.165) is 31.1 Å². The van der Waals surface area contributed by atoms with Gasteiger partial charge in [0.25, 0.3) is 0 Å². The minimum Gasteiger partial charge on any atom is -0.508 e. The first-order valence-electron chi connectivity index (χ1n) is 7.19. The fraction of sp³-hybridized carbons (Fsp3) is 0.294. The van der Waals surface area contributed by atoms with Crippen LogP contribution in [0.2, 0.25) is 0 Å². The standard InChI is InChI=1S/C17H18O4S/c1-22(19,20)21-16-9-5-14(6-10-16)17(11-2-12-17)13-3-7-15(18)8-4-13/h3-10,18H,2,11-12H2,1H3. The topological polar surface area (TPSA) is 63.6 Å². The number of benzene rings is 2. The van der Waals surface area contributed by atoms with E-state index in [1.807, 2.05) is 24.3 Å². The molecular weight excluding hydrogens is 300 g/mol. The number of phenols is 1. The van der Waals surface area contributed by atoms with E-state index < -0.39 is 10.1 Å². The SMILES string of the molecule is CS(=O)(=O)Oc1ccc(C2(c3ccc(O)cc3)CCC2)cc1. The quantitative estimate of drug-likeness (QED) is 0.879. The third-order valence-corrected chi connectivity index (χ3v) is 4.78. The lowest BCUT2D eigenvalue weighted by Crippen LogP contribution is -2.35. The molecule has 0 heterocycles. The smallest absolute Gasteiger partial charge is 0.306 e. The average molecular weight is 318 g/mol. The minimum atomic E-state index is -3.50. The van der Waals surface area contributed by atoms with Crippen molar-refractivity contribution in [2.45, 2.75) is 24.7 Å². The molecule has 5 heteroatoms. The van der Waals surface area contributed by atoms with Gasteiger partial charge in [0.05, 0.1) is 6.26 Å². The van der Waals surface area contributed by atoms with Crippen LogP contribution in [0, 0.1) is 0 Å². The summed E-state index contributed by atoms with van der Waals surface area (Å²) in [5, 5.41) is 9.45. The molecule has 1 aliphatic carbocycles. The molecule has 0 aliphatic heterocycles. The van der Waals surface area contributed by atoms with Gasteiger partial charge < -0.3 is 9.29 Å². The first-order valence-corrected chi connectivity index (χ1v) is 9.00. The zero-order chi connectivity index (χ0) is 15.8. The molecule has 4 nitrogen and oxygen atoms in total. The zero-order valence-electron chi connectivity index (χ0n) is 12.3. The lowest BCUT2D eigenvalue weighted by atomic mass is 9.60. The third kappa shape index (κ3) is 2.81. The zero-order valence-corrected chi connectivity index (χ0v) is 13.1. The monoisotopic (exact) mass is 318 g/mol. The van der Waals surface area contributed by atoms with Gasteiger partial charge in [0, 0.05) is 5.41 Å². The summed E-state index contributed by atoms with van der Waals surface area (Å²) >= 11 is 0. The molecule has 2 aromatic carbocycles. The van der Waals surface area contributed by atoms with Crippen LogP contribution >= 0.6 is 0 Å². The van der Waals surface area contributed by atoms with Crippen LogP contribution in [0.3, 0.4) is 0 Å². The van der Waals surface area contributed by atoms with E-state index in [1.165, 1.54) is 5.56 Å². The number of aromatic hydroxyl groups is 1. The van der Waals surface area contributed by atoms with Crippen molar-refractivity contribution in [3.8, 4) is 11.5 Å². The summed E-state index contributed by atoms with van der Waals surface area (Å²) in [7, 11) is -3.50. The maximum absolute atomic E-state index is 11.2. The largest absolute Gasteiger partial charge is 0.508 e. The van der Waals surface area contributed by atoms with Crippen molar-refractivity contribution < 1.29 is 17.7 Å². The van der Waals surface area contributed by atoms with E-state index in [2.05, 4.69) is 0 Å². The van der Waals surface area contributed by atoms with Crippen molar-refractivity contribution in [1.29, 1.82) is 0 Å². The molecular formula is C17H18O4S. The molecule has 0 saturated heterocycles. The summed E-state index contributed by atoms with van der Waals surface area (Å²) in [5.74, 6) is 0.585. The average Bonchev–Trinajstić information content (AvgIpc) is 2.40. The first kappa shape index (κ1) is 14.9. The molecule has 0 spiro atoms. The van der Waals surface area contributed by atoms with E-state index in [0.29, 0.717) is 5.75 Å². The van der Waals surface area contributed by atoms with Crippen LogP contribution in [-0.4, -0.2) is 19.8 Å². The summed E-state index contributed by atoms with van der Waals surface area (Å²) in [6, 6.07) is 14.5. The van der Waals surface area contributed by atoms with Crippen molar-refractivity contribution >= 4 is 10.1 Å². The van der Waals surface area contributed by atoms with Crippen molar-refractivity contribution in [3.63, 3.8) is 0 Å². The van der Waals surface area contributed by atoms with Crippen LogP contribution in [0.5, 0.6) is 11.5 Å². The first-order chi connectivity index (χ1) is 10.4. The molecule has 116 valence electrons. The normalized spacial score (nSPS) is 16.8. The van der Waals surface area contributed by atoms with Gasteiger partial charge >= 0.3 is 10.1 Å². The Balaban J connectivity index is 1.92. The van der Waals surface area contributed by atoms with Gasteiger partial charge in [-0.2, -0.15) is 8.42 Å². The molecule has 2 aromatic rings. The Hall–Kier alpha value is -2.01. The second-order valence-electron chi connectivity index (χ2n) is 5.79. The molecule has 3 rings (SSSR count). The van der Waals surface area contributed by atoms with Crippen LogP contribution in [0.25, 0.3) is 0 Å². The van der Waals surface area contributed by atoms with Crippen molar-refractivity contribution in [3.05, 3.63) is 59.7 Å². The molecule has 1 N–H and O–H groups in total. The van der Waals surface area contributed by atoms with Gasteiger partial charge in [0.1, 0.15) is 11.5 Å². The van der Waals surface area contributed by atoms with Gasteiger partial charge in [-0.3, -0.25) is 0 Å². The Morgan fingerprint density at radius 2 is 1.45 bits per heavy atom. The highest BCUT2D eigenvalue weighted by atomic mass is 32.2. The fourth-order valence-electron chi connectivity index (χ4n) is 3.06. The van der Waals surface area contributed by atoms with Gasteiger partial charge in [0.15, 0.2) is 0 Å². The fourth-order valence-corrected chi connectivity index (χ4v) is 3.52. The van der Waals surface area contributed by atoms with Gasteiger partial charge in [0.2, 0.25) is 0 Å². The summed E-state index contributed by atoms with van der Waals surface area (Å²) < 4.78 is 27.2. The molecule has 0 atom stereocenters. The van der Waals surface area contributed by atoms with Gasteiger partial charge in [-0.15, -0.1) is 0 Å². The second kappa shape index (κ2) is 5.32. The van der Waals surface area contributed by atoms with E-state index in [-0.39, 0.29) is 11.2 Å². The second-order valence-corrected chi connectivity index (χ2v) is 7.37. The Kier molecular flexibility index (Phi) is 3.60. The minimum absolute atomic E-state index is 0.0443. The van der Waals surface area contributed by atoms with Crippen molar-refractivity contribution in [1.82, 2.24) is 0 Å². The Bertz CT molecular complexity index is 757. The number of hydrogen-bond acceptors (Lipinski definition) is 4. The van der Waals surface area contributed by atoms with E-state index in [1.54, 1.807) is 24.3 Å². The summed E-state index contributed by atoms with van der Waals surface area (Å²) in [6.45, 7) is 0. The Labute approximate surface area is 130 Å². The van der Waals surface area contributed by atoms with Crippen LogP contribution in [-0.2, 0) is 15.5 Å². The molecule has 0 aromatic heterocycles. The molecule has 0 radical (unpaired) electrons. The number of rotatable bonds is 4. The molecule has 0 bridgehead atoms. The van der Waals surface area contributed by atoms with Crippen molar-refractivity contribution in [2.24, 2.45) is 0 Å². The summed E-state index contributed by atoms with van der Waals surface area (Å²) in [6.07, 6.45) is 4.28. The Morgan fingerprint density at radius 3 is 1.86 bits per heavy atom. The molecule has 1 aliphatic rings. The van der Waals surface area contributed by atoms with Gasteiger partial charge in [-0.25, -0.2) is 0 Å². The predicted octanol–water partition coefficient (Wildman–Crippen LogP) is 3.20. The van der Waals surface area contributed by atoms with E-state index >= 15 is 0 Å². The third-order valence-electron chi connectivity index (χ3n) is 4.28. The van der Waals surface area contributed by atoms with Gasteiger partial charge in [-0.05, 0) is 48.2 Å². The maximum atomic E-state index is 11.2. The molecule has 1 saturated carbocycles. The predicted molar refractivity (Wildman–Crippen MR) is 84.7 cm³/mol. The van der Waals surface area contributed by atoms with Crippen LogP contribution in [0.4, 0.5) is 0 Å². The lowest BCUT2D eigenvalue weighted by Gasteiger charge is -2.43. The summed E-state index contributed by atoms with van der Waals surface area (Å²) in [5.41, 5.74) is 2.27. The lowest BCUT2D eigenvalue weighted by molar-refractivity contribution is 0.301. The maximum Gasteiger partial charge on any atom is 0.306 e. The highest BCUT2D eigenvalue weighted by Gasteiger charge is 2.40. The summed E-state index contributed by atoms with van der Waals surface area (Å²) in [4.78, 5) is 0.